The van der Waals surface area contributed by atoms with Crippen LogP contribution in [0.25, 0.3) is 22.3 Å². The molecule has 0 aliphatic heterocycles. The van der Waals surface area contributed by atoms with Crippen LogP contribution in [0.15, 0.2) is 45.6 Å². The van der Waals surface area contributed by atoms with Gasteiger partial charge in [-0.3, -0.25) is 4.79 Å². The quantitative estimate of drug-likeness (QED) is 0.529. The molecule has 0 saturated carbocycles. The van der Waals surface area contributed by atoms with Crippen LogP contribution in [-0.4, -0.2) is 33.6 Å². The zero-order chi connectivity index (χ0) is 19.3. The monoisotopic (exact) mass is 360 g/mol. The fourth-order valence-electron chi connectivity index (χ4n) is 2.28. The molecule has 0 unspecified atom stereocenters. The van der Waals surface area contributed by atoms with Crippen LogP contribution in [-0.2, 0) is 4.74 Å². The first-order valence-electron chi connectivity index (χ1n) is 7.97. The second kappa shape index (κ2) is 8.26. The van der Waals surface area contributed by atoms with Crippen molar-refractivity contribution in [2.24, 2.45) is 0 Å². The van der Waals surface area contributed by atoms with Crippen molar-refractivity contribution >= 4 is 11.0 Å². The molecule has 0 bridgehead atoms. The Morgan fingerprint density at radius 3 is 2.15 bits per heavy atom. The number of rotatable bonds is 3. The number of fused-ring (bicyclic) bond motifs is 1. The summed E-state index contributed by atoms with van der Waals surface area (Å²) in [5.41, 5.74) is -0.106. The van der Waals surface area contributed by atoms with Gasteiger partial charge in [-0.2, -0.15) is 0 Å². The van der Waals surface area contributed by atoms with Crippen molar-refractivity contribution in [1.29, 1.82) is 0 Å². The number of benzene rings is 2. The molecule has 7 heteroatoms. The summed E-state index contributed by atoms with van der Waals surface area (Å²) in [5, 5.41) is 37.9. The van der Waals surface area contributed by atoms with Crippen LogP contribution >= 0.6 is 0 Å². The van der Waals surface area contributed by atoms with Crippen molar-refractivity contribution in [3.05, 3.63) is 46.6 Å². The lowest BCUT2D eigenvalue weighted by Crippen LogP contribution is -2.00. The molecular weight excluding hydrogens is 340 g/mol. The highest BCUT2D eigenvalue weighted by atomic mass is 16.5. The van der Waals surface area contributed by atoms with Gasteiger partial charge in [0.05, 0.1) is 0 Å². The zero-order valence-corrected chi connectivity index (χ0v) is 14.4. The number of phenolic OH excluding ortho intramolecular Hbond substituents is 4. The highest BCUT2D eigenvalue weighted by Crippen LogP contribution is 2.33. The number of hydrogen-bond acceptors (Lipinski definition) is 7. The molecule has 0 radical (unpaired) electrons. The van der Waals surface area contributed by atoms with Gasteiger partial charge in [-0.25, -0.2) is 0 Å². The molecule has 3 rings (SSSR count). The number of phenols is 4. The molecule has 4 N–H and O–H groups in total. The first-order valence-corrected chi connectivity index (χ1v) is 7.97. The Kier molecular flexibility index (Phi) is 6.08. The van der Waals surface area contributed by atoms with E-state index in [9.17, 15) is 25.2 Å². The van der Waals surface area contributed by atoms with Gasteiger partial charge in [-0.1, -0.05) is 0 Å². The lowest BCUT2D eigenvalue weighted by atomic mass is 10.1. The Balaban J connectivity index is 0.000000431. The molecule has 138 valence electrons. The van der Waals surface area contributed by atoms with Crippen molar-refractivity contribution in [2.45, 2.75) is 13.8 Å². The van der Waals surface area contributed by atoms with E-state index in [1.165, 1.54) is 24.3 Å². The van der Waals surface area contributed by atoms with Crippen molar-refractivity contribution in [2.75, 3.05) is 13.2 Å². The maximum absolute atomic E-state index is 12.0. The molecule has 0 amide bonds. The standard InChI is InChI=1S/C15H10O6.C4H10O/c16-8-4-11(19)15-12(20)6-13(21-14(15)5-8)7-1-2-9(17)10(18)3-7;1-3-5-4-2/h1-6,16-19H;3-4H2,1-2H3. The third-order valence-corrected chi connectivity index (χ3v) is 3.46. The lowest BCUT2D eigenvalue weighted by Gasteiger charge is -2.06. The number of aromatic hydroxyl groups is 4. The SMILES string of the molecule is CCOCC.O=c1cc(-c2ccc(O)c(O)c2)oc2cc(O)cc(O)c12. The van der Waals surface area contributed by atoms with E-state index in [1.807, 2.05) is 13.8 Å². The smallest absolute Gasteiger partial charge is 0.197 e. The summed E-state index contributed by atoms with van der Waals surface area (Å²) in [6, 6.07) is 7.37. The fraction of sp³-hybridized carbons (Fsp3) is 0.211. The van der Waals surface area contributed by atoms with E-state index in [-0.39, 0.29) is 39.7 Å². The van der Waals surface area contributed by atoms with Crippen molar-refractivity contribution in [3.8, 4) is 34.3 Å². The van der Waals surface area contributed by atoms with E-state index in [0.717, 1.165) is 25.3 Å². The second-order valence-corrected chi connectivity index (χ2v) is 5.30. The van der Waals surface area contributed by atoms with Crippen LogP contribution in [0.5, 0.6) is 23.0 Å². The van der Waals surface area contributed by atoms with Crippen molar-refractivity contribution in [3.63, 3.8) is 0 Å². The third-order valence-electron chi connectivity index (χ3n) is 3.46. The summed E-state index contributed by atoms with van der Waals surface area (Å²) in [7, 11) is 0. The molecule has 2 aromatic carbocycles. The topological polar surface area (TPSA) is 120 Å². The molecule has 3 aromatic rings. The first kappa shape index (κ1) is 19.1. The summed E-state index contributed by atoms with van der Waals surface area (Å²) in [6.45, 7) is 5.67. The Morgan fingerprint density at radius 1 is 0.885 bits per heavy atom. The van der Waals surface area contributed by atoms with Gasteiger partial charge >= 0.3 is 0 Å². The molecular formula is C19H20O7. The van der Waals surface area contributed by atoms with Gasteiger partial charge in [0.1, 0.15) is 28.2 Å². The van der Waals surface area contributed by atoms with Crippen molar-refractivity contribution < 1.29 is 29.6 Å². The van der Waals surface area contributed by atoms with Crippen LogP contribution in [0, 0.1) is 0 Å². The molecule has 0 aliphatic carbocycles. The van der Waals surface area contributed by atoms with E-state index >= 15 is 0 Å². The van der Waals surface area contributed by atoms with Gasteiger partial charge in [0, 0.05) is 37.0 Å². The van der Waals surface area contributed by atoms with Gasteiger partial charge in [0.25, 0.3) is 0 Å². The summed E-state index contributed by atoms with van der Waals surface area (Å²) >= 11 is 0. The molecule has 0 saturated heterocycles. The molecule has 26 heavy (non-hydrogen) atoms. The largest absolute Gasteiger partial charge is 0.508 e. The highest BCUT2D eigenvalue weighted by Gasteiger charge is 2.13. The molecule has 0 aliphatic rings. The molecule has 0 atom stereocenters. The van der Waals surface area contributed by atoms with Gasteiger partial charge in [0.15, 0.2) is 16.9 Å². The Bertz CT molecular complexity index is 958. The summed E-state index contributed by atoms with van der Waals surface area (Å²) in [6.07, 6.45) is 0. The normalized spacial score (nSPS) is 10.4. The summed E-state index contributed by atoms with van der Waals surface area (Å²) in [4.78, 5) is 12.0. The van der Waals surface area contributed by atoms with Crippen LogP contribution in [0.1, 0.15) is 13.8 Å². The summed E-state index contributed by atoms with van der Waals surface area (Å²) < 4.78 is 10.3. The average Bonchev–Trinajstić information content (AvgIpc) is 2.57. The predicted molar refractivity (Wildman–Crippen MR) is 96.7 cm³/mol. The van der Waals surface area contributed by atoms with E-state index in [4.69, 9.17) is 9.15 Å². The molecule has 0 spiro atoms. The van der Waals surface area contributed by atoms with Crippen molar-refractivity contribution in [1.82, 2.24) is 0 Å². The molecule has 1 aromatic heterocycles. The van der Waals surface area contributed by atoms with Gasteiger partial charge in [0.2, 0.25) is 0 Å². The lowest BCUT2D eigenvalue weighted by molar-refractivity contribution is 0.162. The Labute approximate surface area is 149 Å². The molecule has 1 heterocycles. The van der Waals surface area contributed by atoms with Crippen LogP contribution < -0.4 is 5.43 Å². The van der Waals surface area contributed by atoms with Crippen LogP contribution in [0.4, 0.5) is 0 Å². The zero-order valence-electron chi connectivity index (χ0n) is 14.4. The van der Waals surface area contributed by atoms with Crippen LogP contribution in [0.3, 0.4) is 0 Å². The van der Waals surface area contributed by atoms with Crippen LogP contribution in [0.2, 0.25) is 0 Å². The minimum absolute atomic E-state index is 0.0163. The second-order valence-electron chi connectivity index (χ2n) is 5.30. The van der Waals surface area contributed by atoms with Gasteiger partial charge < -0.3 is 29.6 Å². The fourth-order valence-corrected chi connectivity index (χ4v) is 2.28. The predicted octanol–water partition coefficient (Wildman–Crippen LogP) is 3.33. The highest BCUT2D eigenvalue weighted by molar-refractivity contribution is 5.86. The number of ether oxygens (including phenoxy) is 1. The van der Waals surface area contributed by atoms with E-state index in [2.05, 4.69) is 0 Å². The van der Waals surface area contributed by atoms with Gasteiger partial charge in [-0.15, -0.1) is 0 Å². The van der Waals surface area contributed by atoms with E-state index in [0.29, 0.717) is 5.56 Å². The van der Waals surface area contributed by atoms with E-state index < -0.39 is 5.43 Å². The first-order chi connectivity index (χ1) is 12.4. The Morgan fingerprint density at radius 2 is 1.58 bits per heavy atom. The molecule has 7 nitrogen and oxygen atoms in total. The van der Waals surface area contributed by atoms with E-state index in [1.54, 1.807) is 0 Å². The maximum atomic E-state index is 12.0. The average molecular weight is 360 g/mol. The summed E-state index contributed by atoms with van der Waals surface area (Å²) in [5.74, 6) is -1.13. The number of hydrogen-bond donors (Lipinski definition) is 4. The Hall–Kier alpha value is -3.19. The molecule has 0 fully saturated rings. The third kappa shape index (κ3) is 4.25. The minimum Gasteiger partial charge on any atom is -0.508 e. The van der Waals surface area contributed by atoms with Gasteiger partial charge in [-0.05, 0) is 32.0 Å². The maximum Gasteiger partial charge on any atom is 0.197 e. The minimum atomic E-state index is -0.490.